The fraction of sp³-hybridized carbons (Fsp3) is 0.542. The van der Waals surface area contributed by atoms with Crippen molar-refractivity contribution in [1.29, 1.82) is 0 Å². The number of ether oxygens (including phenoxy) is 1. The Kier molecular flexibility index (Phi) is 7.80. The van der Waals surface area contributed by atoms with E-state index in [-0.39, 0.29) is 17.7 Å². The fourth-order valence-corrected chi connectivity index (χ4v) is 4.90. The molecule has 2 aromatic rings. The Morgan fingerprint density at radius 2 is 1.97 bits per heavy atom. The fourth-order valence-electron chi connectivity index (χ4n) is 4.78. The van der Waals surface area contributed by atoms with Crippen molar-refractivity contribution in [2.75, 3.05) is 57.9 Å². The van der Waals surface area contributed by atoms with Gasteiger partial charge in [-0.05, 0) is 30.0 Å². The first kappa shape index (κ1) is 23.9. The Balaban J connectivity index is 1.44. The van der Waals surface area contributed by atoms with Gasteiger partial charge in [0.25, 0.3) is 0 Å². The van der Waals surface area contributed by atoms with Crippen molar-refractivity contribution in [2.24, 2.45) is 0 Å². The molecule has 2 N–H and O–H groups in total. The maximum atomic E-state index is 13.5. The molecule has 2 heterocycles. The SMILES string of the molecule is COCCNCC(C(=O)N1CCN(c2ncnc3c2[C@H](C)C[C@H]3O)CC1)c1ccc(Cl)cc1. The van der Waals surface area contributed by atoms with Crippen molar-refractivity contribution in [3.8, 4) is 0 Å². The van der Waals surface area contributed by atoms with Gasteiger partial charge in [0.1, 0.15) is 12.1 Å². The number of rotatable bonds is 8. The lowest BCUT2D eigenvalue weighted by Gasteiger charge is -2.38. The maximum Gasteiger partial charge on any atom is 0.231 e. The Hall–Kier alpha value is -2.26. The van der Waals surface area contributed by atoms with E-state index in [9.17, 15) is 9.90 Å². The van der Waals surface area contributed by atoms with Crippen LogP contribution in [0.1, 0.15) is 48.1 Å². The summed E-state index contributed by atoms with van der Waals surface area (Å²) in [5.74, 6) is 0.938. The number of benzene rings is 1. The molecule has 1 fully saturated rings. The van der Waals surface area contributed by atoms with Crippen LogP contribution in [0.2, 0.25) is 5.02 Å². The number of carbonyl (C=O) groups is 1. The minimum Gasteiger partial charge on any atom is -0.387 e. The van der Waals surface area contributed by atoms with E-state index in [2.05, 4.69) is 27.1 Å². The third kappa shape index (κ3) is 5.30. The lowest BCUT2D eigenvalue weighted by atomic mass is 9.97. The summed E-state index contributed by atoms with van der Waals surface area (Å²) in [6.45, 7) is 6.56. The van der Waals surface area contributed by atoms with Crippen LogP contribution in [0.15, 0.2) is 30.6 Å². The second-order valence-corrected chi connectivity index (χ2v) is 9.20. The summed E-state index contributed by atoms with van der Waals surface area (Å²) < 4.78 is 5.11. The second kappa shape index (κ2) is 10.8. The summed E-state index contributed by atoms with van der Waals surface area (Å²) in [4.78, 5) is 26.5. The van der Waals surface area contributed by atoms with Gasteiger partial charge < -0.3 is 25.0 Å². The molecule has 2 aliphatic rings. The summed E-state index contributed by atoms with van der Waals surface area (Å²) in [6, 6.07) is 7.51. The van der Waals surface area contributed by atoms with E-state index in [0.717, 1.165) is 22.6 Å². The number of amides is 1. The number of aromatic nitrogens is 2. The molecule has 1 aliphatic carbocycles. The van der Waals surface area contributed by atoms with Gasteiger partial charge in [0, 0.05) is 57.0 Å². The molecule has 1 aromatic carbocycles. The van der Waals surface area contributed by atoms with Crippen molar-refractivity contribution in [3.63, 3.8) is 0 Å². The molecule has 1 aromatic heterocycles. The van der Waals surface area contributed by atoms with Gasteiger partial charge in [-0.3, -0.25) is 4.79 Å². The molecule has 0 saturated carbocycles. The van der Waals surface area contributed by atoms with Crippen LogP contribution in [0.5, 0.6) is 0 Å². The van der Waals surface area contributed by atoms with E-state index < -0.39 is 6.10 Å². The molecule has 178 valence electrons. The van der Waals surface area contributed by atoms with Crippen LogP contribution in [-0.2, 0) is 9.53 Å². The third-order valence-electron chi connectivity index (χ3n) is 6.57. The summed E-state index contributed by atoms with van der Waals surface area (Å²) in [7, 11) is 1.66. The van der Waals surface area contributed by atoms with Crippen molar-refractivity contribution >= 4 is 23.3 Å². The maximum absolute atomic E-state index is 13.5. The molecular formula is C24H32ClN5O3. The zero-order valence-electron chi connectivity index (χ0n) is 19.2. The molecule has 0 spiro atoms. The Morgan fingerprint density at radius 1 is 1.24 bits per heavy atom. The quantitative estimate of drug-likeness (QED) is 0.568. The van der Waals surface area contributed by atoms with Crippen LogP contribution in [0.3, 0.4) is 0 Å². The van der Waals surface area contributed by atoms with Crippen molar-refractivity contribution in [1.82, 2.24) is 20.2 Å². The molecule has 0 radical (unpaired) electrons. The number of halogens is 1. The van der Waals surface area contributed by atoms with Gasteiger partial charge in [-0.1, -0.05) is 30.7 Å². The van der Waals surface area contributed by atoms with E-state index in [1.807, 2.05) is 29.2 Å². The van der Waals surface area contributed by atoms with E-state index >= 15 is 0 Å². The summed E-state index contributed by atoms with van der Waals surface area (Å²) in [5, 5.41) is 14.3. The molecule has 33 heavy (non-hydrogen) atoms. The summed E-state index contributed by atoms with van der Waals surface area (Å²) >= 11 is 6.06. The minimum absolute atomic E-state index is 0.110. The Labute approximate surface area is 199 Å². The highest BCUT2D eigenvalue weighted by Gasteiger charge is 2.35. The van der Waals surface area contributed by atoms with Gasteiger partial charge in [-0.2, -0.15) is 0 Å². The first-order chi connectivity index (χ1) is 16.0. The number of fused-ring (bicyclic) bond motifs is 1. The monoisotopic (exact) mass is 473 g/mol. The number of hydrogen-bond acceptors (Lipinski definition) is 7. The average molecular weight is 474 g/mol. The number of aliphatic hydroxyl groups excluding tert-OH is 1. The summed E-state index contributed by atoms with van der Waals surface area (Å²) in [5.41, 5.74) is 2.75. The number of carbonyl (C=O) groups excluding carboxylic acids is 1. The smallest absolute Gasteiger partial charge is 0.231 e. The first-order valence-electron chi connectivity index (χ1n) is 11.5. The van der Waals surface area contributed by atoms with Crippen molar-refractivity contribution in [3.05, 3.63) is 52.4 Å². The molecule has 1 unspecified atom stereocenters. The van der Waals surface area contributed by atoms with Gasteiger partial charge in [0.15, 0.2) is 0 Å². The van der Waals surface area contributed by atoms with Crippen LogP contribution < -0.4 is 10.2 Å². The third-order valence-corrected chi connectivity index (χ3v) is 6.82. The standard InChI is InChI=1S/C24H32ClN5O3/c1-16-13-20(31)22-21(16)23(28-15-27-22)29-8-10-30(11-9-29)24(32)19(14-26-7-12-33-2)17-3-5-18(25)6-4-17/h3-6,15-16,19-20,26,31H,7-14H2,1-2H3/t16-,19?,20-/m1/s1. The molecule has 1 aliphatic heterocycles. The van der Waals surface area contributed by atoms with Gasteiger partial charge >= 0.3 is 0 Å². The topological polar surface area (TPSA) is 90.8 Å². The molecule has 4 rings (SSSR count). The molecule has 9 heteroatoms. The van der Waals surface area contributed by atoms with E-state index in [1.165, 1.54) is 6.33 Å². The highest BCUT2D eigenvalue weighted by Crippen LogP contribution is 2.42. The number of nitrogens with one attached hydrogen (secondary N) is 1. The van der Waals surface area contributed by atoms with Crippen LogP contribution in [0.4, 0.5) is 5.82 Å². The first-order valence-corrected chi connectivity index (χ1v) is 11.9. The van der Waals surface area contributed by atoms with Crippen LogP contribution in [0.25, 0.3) is 0 Å². The molecule has 1 saturated heterocycles. The predicted octanol–water partition coefficient (Wildman–Crippen LogP) is 2.34. The number of nitrogens with zero attached hydrogens (tertiary/aromatic N) is 4. The van der Waals surface area contributed by atoms with Gasteiger partial charge in [0.2, 0.25) is 5.91 Å². The van der Waals surface area contributed by atoms with Crippen LogP contribution in [-0.4, -0.2) is 78.9 Å². The molecule has 1 amide bonds. The largest absolute Gasteiger partial charge is 0.387 e. The number of anilines is 1. The molecular weight excluding hydrogens is 442 g/mol. The van der Waals surface area contributed by atoms with Gasteiger partial charge in [0.05, 0.1) is 24.3 Å². The molecule has 3 atom stereocenters. The lowest BCUT2D eigenvalue weighted by molar-refractivity contribution is -0.133. The van der Waals surface area contributed by atoms with Crippen LogP contribution in [0, 0.1) is 0 Å². The predicted molar refractivity (Wildman–Crippen MR) is 128 cm³/mol. The molecule has 8 nitrogen and oxygen atoms in total. The van der Waals surface area contributed by atoms with E-state index in [0.29, 0.717) is 57.3 Å². The van der Waals surface area contributed by atoms with Crippen molar-refractivity contribution in [2.45, 2.75) is 31.3 Å². The van der Waals surface area contributed by atoms with E-state index in [4.69, 9.17) is 16.3 Å². The number of aliphatic hydroxyl groups is 1. The Bertz CT molecular complexity index is 950. The number of methoxy groups -OCH3 is 1. The zero-order chi connectivity index (χ0) is 23.4. The Morgan fingerprint density at radius 3 is 2.67 bits per heavy atom. The zero-order valence-corrected chi connectivity index (χ0v) is 20.0. The van der Waals surface area contributed by atoms with Gasteiger partial charge in [-0.15, -0.1) is 0 Å². The average Bonchev–Trinajstić information content (AvgIpc) is 3.13. The van der Waals surface area contributed by atoms with Crippen LogP contribution >= 0.6 is 11.6 Å². The van der Waals surface area contributed by atoms with Gasteiger partial charge in [-0.25, -0.2) is 9.97 Å². The molecule has 0 bridgehead atoms. The number of piperazine rings is 1. The van der Waals surface area contributed by atoms with Crippen molar-refractivity contribution < 1.29 is 14.6 Å². The normalized spacial score (nSPS) is 21.2. The lowest BCUT2D eigenvalue weighted by Crippen LogP contribution is -2.51. The highest BCUT2D eigenvalue weighted by molar-refractivity contribution is 6.30. The van der Waals surface area contributed by atoms with E-state index in [1.54, 1.807) is 7.11 Å². The second-order valence-electron chi connectivity index (χ2n) is 8.76. The summed E-state index contributed by atoms with van der Waals surface area (Å²) in [6.07, 6.45) is 1.69. The highest BCUT2D eigenvalue weighted by atomic mass is 35.5. The minimum atomic E-state index is -0.523. The number of hydrogen-bond donors (Lipinski definition) is 2.